The highest BCUT2D eigenvalue weighted by Crippen LogP contribution is 2.25. The topological polar surface area (TPSA) is 46.3 Å². The van der Waals surface area contributed by atoms with Crippen molar-refractivity contribution >= 4 is 16.3 Å². The van der Waals surface area contributed by atoms with Crippen LogP contribution in [0.4, 0.5) is 4.39 Å². The van der Waals surface area contributed by atoms with Crippen LogP contribution in [0.3, 0.4) is 0 Å². The van der Waals surface area contributed by atoms with E-state index < -0.39 is 0 Å². The number of fused-ring (bicyclic) bond motifs is 1. The lowest BCUT2D eigenvalue weighted by molar-refractivity contribution is 0.286. The van der Waals surface area contributed by atoms with Crippen LogP contribution >= 0.6 is 11.3 Å². The molecule has 0 spiro atoms. The van der Waals surface area contributed by atoms with Crippen LogP contribution in [0, 0.1) is 5.82 Å². The van der Waals surface area contributed by atoms with Gasteiger partial charge in [0.2, 0.25) is 4.96 Å². The third-order valence-electron chi connectivity index (χ3n) is 3.41. The molecule has 0 aliphatic carbocycles. The molecule has 0 saturated heterocycles. The molecular weight excluding hydrogens is 289 g/mol. The van der Waals surface area contributed by atoms with Crippen molar-refractivity contribution in [1.29, 1.82) is 0 Å². The maximum absolute atomic E-state index is 13.0. The Bertz CT molecular complexity index is 729. The van der Waals surface area contributed by atoms with Gasteiger partial charge in [-0.2, -0.15) is 9.61 Å². The van der Waals surface area contributed by atoms with Crippen molar-refractivity contribution < 1.29 is 4.39 Å². The summed E-state index contributed by atoms with van der Waals surface area (Å²) in [5.74, 6) is 0.585. The molecule has 0 bridgehead atoms. The molecule has 0 amide bonds. The highest BCUT2D eigenvalue weighted by molar-refractivity contribution is 7.19. The molecular formula is C14H16FN5S. The van der Waals surface area contributed by atoms with Crippen LogP contribution in [0.25, 0.3) is 15.5 Å². The van der Waals surface area contributed by atoms with Gasteiger partial charge in [0.15, 0.2) is 5.82 Å². The van der Waals surface area contributed by atoms with Gasteiger partial charge >= 0.3 is 0 Å². The molecule has 0 aliphatic rings. The summed E-state index contributed by atoms with van der Waals surface area (Å²) in [6.07, 6.45) is 0. The molecule has 3 rings (SSSR count). The molecule has 5 nitrogen and oxygen atoms in total. The second kappa shape index (κ2) is 5.87. The van der Waals surface area contributed by atoms with Gasteiger partial charge in [0, 0.05) is 5.56 Å². The van der Waals surface area contributed by atoms with Crippen molar-refractivity contribution in [2.24, 2.45) is 0 Å². The largest absolute Gasteiger partial charge is 0.296 e. The smallest absolute Gasteiger partial charge is 0.235 e. The molecule has 0 aliphatic heterocycles. The Morgan fingerprint density at radius 2 is 1.86 bits per heavy atom. The van der Waals surface area contributed by atoms with Crippen LogP contribution in [-0.2, 0) is 6.54 Å². The van der Waals surface area contributed by atoms with E-state index in [0.717, 1.165) is 41.0 Å². The standard InChI is InChI=1S/C14H16FN5S/c1-3-19(4-2)9-12-16-17-14-20(12)18-13(21-14)10-5-7-11(15)8-6-10/h5-8H,3-4,9H2,1-2H3. The van der Waals surface area contributed by atoms with Crippen molar-refractivity contribution in [3.63, 3.8) is 0 Å². The lowest BCUT2D eigenvalue weighted by Gasteiger charge is -2.15. The first-order valence-corrected chi connectivity index (χ1v) is 7.72. The van der Waals surface area contributed by atoms with E-state index in [-0.39, 0.29) is 5.82 Å². The van der Waals surface area contributed by atoms with Gasteiger partial charge < -0.3 is 0 Å². The van der Waals surface area contributed by atoms with E-state index in [0.29, 0.717) is 0 Å². The van der Waals surface area contributed by atoms with E-state index in [1.807, 2.05) is 0 Å². The van der Waals surface area contributed by atoms with Gasteiger partial charge in [-0.1, -0.05) is 25.2 Å². The fourth-order valence-electron chi connectivity index (χ4n) is 2.11. The van der Waals surface area contributed by atoms with Crippen molar-refractivity contribution in [3.05, 3.63) is 35.9 Å². The van der Waals surface area contributed by atoms with Crippen LogP contribution in [0.1, 0.15) is 19.7 Å². The SMILES string of the molecule is CCN(CC)Cc1nnc2sc(-c3ccc(F)cc3)nn12. The third kappa shape index (κ3) is 2.79. The molecule has 7 heteroatoms. The number of rotatable bonds is 5. The summed E-state index contributed by atoms with van der Waals surface area (Å²) < 4.78 is 14.8. The average Bonchev–Trinajstić information content (AvgIpc) is 3.07. The Balaban J connectivity index is 1.93. The van der Waals surface area contributed by atoms with Gasteiger partial charge in [-0.3, -0.25) is 4.90 Å². The maximum atomic E-state index is 13.0. The third-order valence-corrected chi connectivity index (χ3v) is 4.35. The molecule has 0 atom stereocenters. The summed E-state index contributed by atoms with van der Waals surface area (Å²) in [6.45, 7) is 6.88. The molecule has 0 radical (unpaired) electrons. The predicted molar refractivity (Wildman–Crippen MR) is 80.7 cm³/mol. The lowest BCUT2D eigenvalue weighted by Crippen LogP contribution is -2.23. The first-order chi connectivity index (χ1) is 10.2. The molecule has 0 unspecified atom stereocenters. The number of hydrogen-bond acceptors (Lipinski definition) is 5. The first kappa shape index (κ1) is 14.1. The van der Waals surface area contributed by atoms with Crippen LogP contribution in [-0.4, -0.2) is 37.8 Å². The van der Waals surface area contributed by atoms with Gasteiger partial charge in [-0.05, 0) is 37.4 Å². The Labute approximate surface area is 126 Å². The van der Waals surface area contributed by atoms with Crippen LogP contribution in [0.2, 0.25) is 0 Å². The summed E-state index contributed by atoms with van der Waals surface area (Å²) in [4.78, 5) is 3.02. The molecule has 1 aromatic carbocycles. The highest BCUT2D eigenvalue weighted by atomic mass is 32.1. The number of aromatic nitrogens is 4. The van der Waals surface area contributed by atoms with E-state index in [1.165, 1.54) is 23.5 Å². The number of nitrogens with zero attached hydrogens (tertiary/aromatic N) is 5. The van der Waals surface area contributed by atoms with Crippen molar-refractivity contribution in [1.82, 2.24) is 24.7 Å². The summed E-state index contributed by atoms with van der Waals surface area (Å²) in [7, 11) is 0. The van der Waals surface area contributed by atoms with Gasteiger partial charge in [-0.25, -0.2) is 4.39 Å². The van der Waals surface area contributed by atoms with Crippen LogP contribution < -0.4 is 0 Å². The number of halogens is 1. The number of benzene rings is 1. The van der Waals surface area contributed by atoms with E-state index in [1.54, 1.807) is 16.6 Å². The molecule has 3 aromatic rings. The Morgan fingerprint density at radius 1 is 1.14 bits per heavy atom. The van der Waals surface area contributed by atoms with Crippen LogP contribution in [0.15, 0.2) is 24.3 Å². The van der Waals surface area contributed by atoms with Gasteiger partial charge in [0.25, 0.3) is 0 Å². The average molecular weight is 305 g/mol. The quantitative estimate of drug-likeness (QED) is 0.727. The lowest BCUT2D eigenvalue weighted by atomic mass is 10.2. The molecule has 0 N–H and O–H groups in total. The summed E-state index contributed by atoms with van der Waals surface area (Å²) in [6, 6.07) is 6.33. The predicted octanol–water partition coefficient (Wildman–Crippen LogP) is 2.83. The highest BCUT2D eigenvalue weighted by Gasteiger charge is 2.14. The molecule has 21 heavy (non-hydrogen) atoms. The molecule has 2 aromatic heterocycles. The van der Waals surface area contributed by atoms with Gasteiger partial charge in [-0.15, -0.1) is 10.2 Å². The Hall–Kier alpha value is -1.86. The minimum Gasteiger partial charge on any atom is -0.296 e. The summed E-state index contributed by atoms with van der Waals surface area (Å²) >= 11 is 1.46. The van der Waals surface area contributed by atoms with Gasteiger partial charge in [0.05, 0.1) is 6.54 Å². The normalized spacial score (nSPS) is 11.6. The monoisotopic (exact) mass is 305 g/mol. The van der Waals surface area contributed by atoms with Crippen molar-refractivity contribution in [2.45, 2.75) is 20.4 Å². The van der Waals surface area contributed by atoms with E-state index in [9.17, 15) is 4.39 Å². The van der Waals surface area contributed by atoms with Crippen molar-refractivity contribution in [2.75, 3.05) is 13.1 Å². The summed E-state index contributed by atoms with van der Waals surface area (Å²) in [5, 5.41) is 13.7. The van der Waals surface area contributed by atoms with E-state index in [4.69, 9.17) is 0 Å². The number of hydrogen-bond donors (Lipinski definition) is 0. The Kier molecular flexibility index (Phi) is 3.94. The minimum atomic E-state index is -0.246. The second-order valence-electron chi connectivity index (χ2n) is 4.69. The molecule has 0 saturated carbocycles. The zero-order valence-electron chi connectivity index (χ0n) is 12.0. The fourth-order valence-corrected chi connectivity index (χ4v) is 2.98. The van der Waals surface area contributed by atoms with Crippen molar-refractivity contribution in [3.8, 4) is 10.6 Å². The zero-order valence-corrected chi connectivity index (χ0v) is 12.8. The fraction of sp³-hybridized carbons (Fsp3) is 0.357. The zero-order chi connectivity index (χ0) is 14.8. The molecule has 2 heterocycles. The van der Waals surface area contributed by atoms with Crippen LogP contribution in [0.5, 0.6) is 0 Å². The van der Waals surface area contributed by atoms with Gasteiger partial charge in [0.1, 0.15) is 10.8 Å². The Morgan fingerprint density at radius 3 is 2.52 bits per heavy atom. The maximum Gasteiger partial charge on any atom is 0.235 e. The molecule has 110 valence electrons. The minimum absolute atomic E-state index is 0.246. The second-order valence-corrected chi connectivity index (χ2v) is 5.64. The molecule has 0 fully saturated rings. The first-order valence-electron chi connectivity index (χ1n) is 6.90. The van der Waals surface area contributed by atoms with E-state index >= 15 is 0 Å². The van der Waals surface area contributed by atoms with E-state index in [2.05, 4.69) is 34.0 Å². The summed E-state index contributed by atoms with van der Waals surface area (Å²) in [5.41, 5.74) is 0.890.